The molecule has 4 heterocycles. The van der Waals surface area contributed by atoms with Gasteiger partial charge in [0.25, 0.3) is 0 Å². The van der Waals surface area contributed by atoms with E-state index in [0.29, 0.717) is 6.54 Å². The lowest BCUT2D eigenvalue weighted by molar-refractivity contribution is 0.198. The summed E-state index contributed by atoms with van der Waals surface area (Å²) in [6.45, 7) is 2.28. The molecular weight excluding hydrogens is 379 g/mol. The van der Waals surface area contributed by atoms with Crippen molar-refractivity contribution in [3.63, 3.8) is 0 Å². The van der Waals surface area contributed by atoms with Crippen molar-refractivity contribution in [3.05, 3.63) is 78.5 Å². The van der Waals surface area contributed by atoms with E-state index in [0.717, 1.165) is 53.5 Å². The van der Waals surface area contributed by atoms with Crippen LogP contribution in [0.4, 0.5) is 10.1 Å². The highest BCUT2D eigenvalue weighted by Crippen LogP contribution is 2.35. The number of imidazole rings is 1. The number of β-amino-alcohol motifs (C(OH)–C–C–N with tert-alkyl or cyclic N) is 1. The van der Waals surface area contributed by atoms with Crippen LogP contribution < -0.4 is 4.90 Å². The molecule has 0 radical (unpaired) electrons. The summed E-state index contributed by atoms with van der Waals surface area (Å²) in [5.41, 5.74) is 6.53. The SMILES string of the molecule is O[C@@H]1CCN(c2ccc3c(c2)Cn2cc(-c4ccc(F)cc4)cc2-c2nccn2-3)C1. The molecule has 0 unspecified atom stereocenters. The molecule has 0 bridgehead atoms. The number of benzene rings is 2. The van der Waals surface area contributed by atoms with Gasteiger partial charge in [-0.25, -0.2) is 9.37 Å². The first kappa shape index (κ1) is 17.5. The first-order valence-corrected chi connectivity index (χ1v) is 10.2. The first-order valence-electron chi connectivity index (χ1n) is 10.2. The molecule has 4 aromatic rings. The molecule has 1 N–H and O–H groups in total. The fraction of sp³-hybridized carbons (Fsp3) is 0.208. The zero-order valence-electron chi connectivity index (χ0n) is 16.4. The fourth-order valence-corrected chi connectivity index (χ4v) is 4.61. The van der Waals surface area contributed by atoms with Crippen LogP contribution in [0.5, 0.6) is 0 Å². The molecular formula is C24H21FN4O. The summed E-state index contributed by atoms with van der Waals surface area (Å²) in [6, 6.07) is 15.2. The zero-order valence-corrected chi connectivity index (χ0v) is 16.4. The maximum atomic E-state index is 13.4. The van der Waals surface area contributed by atoms with Crippen LogP contribution in [0.3, 0.4) is 0 Å². The molecule has 0 aliphatic carbocycles. The van der Waals surface area contributed by atoms with Crippen LogP contribution in [-0.2, 0) is 6.54 Å². The van der Waals surface area contributed by atoms with Crippen molar-refractivity contribution in [1.82, 2.24) is 14.1 Å². The standard InChI is InChI=1S/C24H21FN4O/c25-19-3-1-16(2-4-19)17-12-23-24-26-8-10-29(24)22-6-5-20(27-9-7-21(30)15-27)11-18(22)14-28(23)13-17/h1-6,8,10-13,21,30H,7,9,14-15H2/t21-/m1/s1. The maximum absolute atomic E-state index is 13.4. The molecule has 0 saturated carbocycles. The summed E-state index contributed by atoms with van der Waals surface area (Å²) in [4.78, 5) is 6.87. The van der Waals surface area contributed by atoms with Crippen LogP contribution in [-0.4, -0.2) is 38.4 Å². The maximum Gasteiger partial charge on any atom is 0.161 e. The average molecular weight is 400 g/mol. The third-order valence-electron chi connectivity index (χ3n) is 6.14. The van der Waals surface area contributed by atoms with Gasteiger partial charge in [0, 0.05) is 49.5 Å². The number of hydrogen-bond acceptors (Lipinski definition) is 3. The molecule has 2 aromatic heterocycles. The molecule has 30 heavy (non-hydrogen) atoms. The lowest BCUT2D eigenvalue weighted by Crippen LogP contribution is -2.21. The molecule has 0 amide bonds. The molecule has 6 heteroatoms. The van der Waals surface area contributed by atoms with Crippen molar-refractivity contribution < 1.29 is 9.50 Å². The average Bonchev–Trinajstić information content (AvgIpc) is 3.47. The van der Waals surface area contributed by atoms with Crippen LogP contribution >= 0.6 is 0 Å². The number of halogens is 1. The molecule has 1 saturated heterocycles. The van der Waals surface area contributed by atoms with Gasteiger partial charge < -0.3 is 14.6 Å². The Balaban J connectivity index is 1.46. The number of fused-ring (bicyclic) bond motifs is 5. The van der Waals surface area contributed by atoms with E-state index in [2.05, 4.69) is 49.5 Å². The Morgan fingerprint density at radius 1 is 1.03 bits per heavy atom. The monoisotopic (exact) mass is 400 g/mol. The Bertz CT molecular complexity index is 1240. The Kier molecular flexibility index (Phi) is 3.83. The van der Waals surface area contributed by atoms with E-state index in [1.165, 1.54) is 17.7 Å². The largest absolute Gasteiger partial charge is 0.391 e. The minimum absolute atomic E-state index is 0.233. The van der Waals surface area contributed by atoms with Crippen molar-refractivity contribution >= 4 is 5.69 Å². The highest BCUT2D eigenvalue weighted by atomic mass is 19.1. The number of rotatable bonds is 2. The lowest BCUT2D eigenvalue weighted by atomic mass is 10.1. The van der Waals surface area contributed by atoms with E-state index in [1.807, 2.05) is 24.5 Å². The molecule has 150 valence electrons. The Morgan fingerprint density at radius 3 is 2.70 bits per heavy atom. The van der Waals surface area contributed by atoms with E-state index in [-0.39, 0.29) is 11.9 Å². The van der Waals surface area contributed by atoms with Gasteiger partial charge in [-0.05, 0) is 53.9 Å². The third-order valence-corrected chi connectivity index (χ3v) is 6.14. The number of nitrogens with zero attached hydrogens (tertiary/aromatic N) is 4. The van der Waals surface area contributed by atoms with Crippen LogP contribution in [0.2, 0.25) is 0 Å². The van der Waals surface area contributed by atoms with Gasteiger partial charge in [-0.15, -0.1) is 0 Å². The Morgan fingerprint density at radius 2 is 1.90 bits per heavy atom. The van der Waals surface area contributed by atoms with E-state index in [9.17, 15) is 9.50 Å². The second kappa shape index (κ2) is 6.57. The van der Waals surface area contributed by atoms with E-state index in [1.54, 1.807) is 0 Å². The minimum atomic E-state index is -0.251. The summed E-state index contributed by atoms with van der Waals surface area (Å²) >= 11 is 0. The normalized spacial score (nSPS) is 17.4. The second-order valence-corrected chi connectivity index (χ2v) is 8.07. The Labute approximate surface area is 173 Å². The van der Waals surface area contributed by atoms with Crippen molar-refractivity contribution in [1.29, 1.82) is 0 Å². The highest BCUT2D eigenvalue weighted by Gasteiger charge is 2.24. The summed E-state index contributed by atoms with van der Waals surface area (Å²) in [5.74, 6) is 0.662. The minimum Gasteiger partial charge on any atom is -0.391 e. The van der Waals surface area contributed by atoms with Gasteiger partial charge in [0.15, 0.2) is 5.82 Å². The molecule has 5 nitrogen and oxygen atoms in total. The van der Waals surface area contributed by atoms with Crippen LogP contribution in [0.25, 0.3) is 28.3 Å². The molecule has 2 aromatic carbocycles. The molecule has 2 aliphatic rings. The van der Waals surface area contributed by atoms with Gasteiger partial charge in [0.2, 0.25) is 0 Å². The molecule has 1 atom stereocenters. The highest BCUT2D eigenvalue weighted by molar-refractivity contribution is 5.72. The summed E-state index contributed by atoms with van der Waals surface area (Å²) in [7, 11) is 0. The summed E-state index contributed by atoms with van der Waals surface area (Å²) < 4.78 is 17.7. The molecule has 0 spiro atoms. The first-order chi connectivity index (χ1) is 14.7. The van der Waals surface area contributed by atoms with Gasteiger partial charge >= 0.3 is 0 Å². The molecule has 1 fully saturated rings. The van der Waals surface area contributed by atoms with Gasteiger partial charge in [0.1, 0.15) is 5.82 Å². The number of aliphatic hydroxyl groups excluding tert-OH is 1. The predicted octanol–water partition coefficient (Wildman–Crippen LogP) is 4.08. The van der Waals surface area contributed by atoms with Crippen molar-refractivity contribution in [3.8, 4) is 28.3 Å². The summed E-state index contributed by atoms with van der Waals surface area (Å²) in [5, 5.41) is 9.92. The number of aromatic nitrogens is 3. The van der Waals surface area contributed by atoms with E-state index >= 15 is 0 Å². The zero-order chi connectivity index (χ0) is 20.2. The predicted molar refractivity (Wildman–Crippen MR) is 114 cm³/mol. The van der Waals surface area contributed by atoms with Crippen molar-refractivity contribution in [2.24, 2.45) is 0 Å². The topological polar surface area (TPSA) is 46.2 Å². The van der Waals surface area contributed by atoms with Crippen LogP contribution in [0, 0.1) is 5.82 Å². The number of aliphatic hydroxyl groups is 1. The van der Waals surface area contributed by atoms with Gasteiger partial charge in [0.05, 0.1) is 17.5 Å². The Hall–Kier alpha value is -3.38. The van der Waals surface area contributed by atoms with Crippen molar-refractivity contribution in [2.45, 2.75) is 19.1 Å². The third kappa shape index (κ3) is 2.75. The van der Waals surface area contributed by atoms with E-state index < -0.39 is 0 Å². The number of hydrogen-bond donors (Lipinski definition) is 1. The fourth-order valence-electron chi connectivity index (χ4n) is 4.61. The molecule has 2 aliphatic heterocycles. The summed E-state index contributed by atoms with van der Waals surface area (Å²) in [6.07, 6.45) is 6.49. The van der Waals surface area contributed by atoms with Gasteiger partial charge in [-0.3, -0.25) is 4.57 Å². The second-order valence-electron chi connectivity index (χ2n) is 8.07. The van der Waals surface area contributed by atoms with Gasteiger partial charge in [-0.2, -0.15) is 0 Å². The molecule has 6 rings (SSSR count). The van der Waals surface area contributed by atoms with Crippen LogP contribution in [0.1, 0.15) is 12.0 Å². The lowest BCUT2D eigenvalue weighted by Gasteiger charge is -2.20. The smallest absolute Gasteiger partial charge is 0.161 e. The quantitative estimate of drug-likeness (QED) is 0.486. The van der Waals surface area contributed by atoms with Crippen LogP contribution in [0.15, 0.2) is 67.1 Å². The van der Waals surface area contributed by atoms with Gasteiger partial charge in [-0.1, -0.05) is 12.1 Å². The van der Waals surface area contributed by atoms with Crippen molar-refractivity contribution in [2.75, 3.05) is 18.0 Å². The number of anilines is 1. The van der Waals surface area contributed by atoms with E-state index in [4.69, 9.17) is 0 Å².